The topological polar surface area (TPSA) is 178 Å². The zero-order valence-corrected chi connectivity index (χ0v) is 18.3. The molecule has 0 bridgehead atoms. The highest BCUT2D eigenvalue weighted by Gasteiger charge is 2.45. The lowest BCUT2D eigenvalue weighted by atomic mass is 10.1. The van der Waals surface area contributed by atoms with Crippen molar-refractivity contribution in [2.75, 3.05) is 43.4 Å². The molecule has 176 valence electrons. The molecule has 13 nitrogen and oxygen atoms in total. The molecule has 1 aromatic carbocycles. The molecule has 3 aromatic rings. The van der Waals surface area contributed by atoms with E-state index in [1.807, 2.05) is 43.3 Å². The van der Waals surface area contributed by atoms with Crippen LogP contribution in [-0.2, 0) is 4.74 Å². The molecule has 13 heteroatoms. The number of nitrogen functional groups attached to an aromatic ring is 1. The summed E-state index contributed by atoms with van der Waals surface area (Å²) >= 11 is 0. The highest BCUT2D eigenvalue weighted by Crippen LogP contribution is 2.34. The largest absolute Gasteiger partial charge is 0.394 e. The number of aromatic nitrogens is 4. The summed E-state index contributed by atoms with van der Waals surface area (Å²) in [5, 5.41) is 36.0. The van der Waals surface area contributed by atoms with Gasteiger partial charge in [0.1, 0.15) is 18.3 Å². The molecule has 0 aliphatic carbocycles. The number of rotatable bonds is 6. The number of imidazole rings is 1. The van der Waals surface area contributed by atoms with Crippen molar-refractivity contribution in [2.24, 2.45) is 5.10 Å². The van der Waals surface area contributed by atoms with Crippen LogP contribution in [0.5, 0.6) is 0 Å². The minimum absolute atomic E-state index is 0.0403. The number of ether oxygens (including phenoxy) is 1. The van der Waals surface area contributed by atoms with Crippen molar-refractivity contribution in [2.45, 2.75) is 24.5 Å². The number of H-pyrrole nitrogens is 1. The third-order valence-electron chi connectivity index (χ3n) is 5.40. The molecule has 33 heavy (non-hydrogen) atoms. The maximum atomic E-state index is 12.4. The highest BCUT2D eigenvalue weighted by molar-refractivity contribution is 5.81. The van der Waals surface area contributed by atoms with E-state index >= 15 is 0 Å². The van der Waals surface area contributed by atoms with Gasteiger partial charge in [-0.2, -0.15) is 10.1 Å². The van der Waals surface area contributed by atoms with Gasteiger partial charge < -0.3 is 30.7 Å². The van der Waals surface area contributed by atoms with Crippen LogP contribution in [0.4, 0.5) is 17.6 Å². The Kier molecular flexibility index (Phi) is 6.03. The summed E-state index contributed by atoms with van der Waals surface area (Å²) in [7, 11) is 5.49. The van der Waals surface area contributed by atoms with Gasteiger partial charge in [-0.15, -0.1) is 0 Å². The van der Waals surface area contributed by atoms with Gasteiger partial charge in [0.15, 0.2) is 17.4 Å². The zero-order valence-electron chi connectivity index (χ0n) is 18.3. The normalized spacial score (nSPS) is 23.0. The summed E-state index contributed by atoms with van der Waals surface area (Å²) < 4.78 is 6.98. The van der Waals surface area contributed by atoms with Crippen LogP contribution in [0.1, 0.15) is 11.8 Å². The third kappa shape index (κ3) is 4.14. The Morgan fingerprint density at radius 2 is 1.91 bits per heavy atom. The number of aromatic amines is 1. The van der Waals surface area contributed by atoms with Crippen molar-refractivity contribution in [1.82, 2.24) is 19.5 Å². The number of nitrogens with two attached hydrogens (primary N) is 1. The number of hydrogen-bond donors (Lipinski definition) is 5. The van der Waals surface area contributed by atoms with E-state index in [9.17, 15) is 20.1 Å². The summed E-state index contributed by atoms with van der Waals surface area (Å²) in [4.78, 5) is 25.3. The fraction of sp³-hybridized carbons (Fsp3) is 0.400. The van der Waals surface area contributed by atoms with E-state index in [0.29, 0.717) is 0 Å². The fourth-order valence-electron chi connectivity index (χ4n) is 3.61. The number of benzene rings is 1. The van der Waals surface area contributed by atoms with E-state index in [-0.39, 0.29) is 23.1 Å². The number of anilines is 3. The molecule has 4 rings (SSSR count). The summed E-state index contributed by atoms with van der Waals surface area (Å²) in [6.07, 6.45) is -3.39. The van der Waals surface area contributed by atoms with Crippen LogP contribution >= 0.6 is 0 Å². The maximum Gasteiger partial charge on any atom is 0.280 e. The Hall–Kier alpha value is -3.52. The highest BCUT2D eigenvalue weighted by atomic mass is 16.6. The lowest BCUT2D eigenvalue weighted by molar-refractivity contribution is -0.0504. The number of hydrogen-bond acceptors (Lipinski definition) is 11. The second-order valence-electron chi connectivity index (χ2n) is 7.89. The van der Waals surface area contributed by atoms with Crippen LogP contribution in [0.25, 0.3) is 11.2 Å². The Bertz CT molecular complexity index is 1220. The first-order valence-corrected chi connectivity index (χ1v) is 10.2. The maximum absolute atomic E-state index is 12.4. The standard InChI is InChI=1S/C20H26N8O5/c1-26(2)11-6-4-10(5-7-11)8-22-27(3)20-23-13-16(24-19(21)25-17(13)32)28(20)18-15(31)14(30)12(9-29)33-18/h4-8,12,14-15,18,29-31H,9H2,1-3H3,(H3,21,24,25,32)/b22-8+/t12-,14-,15-,18-/m1/s1. The van der Waals surface area contributed by atoms with Crippen molar-refractivity contribution in [3.05, 3.63) is 40.2 Å². The second kappa shape index (κ2) is 8.78. The Morgan fingerprint density at radius 3 is 2.52 bits per heavy atom. The molecule has 4 atom stereocenters. The predicted molar refractivity (Wildman–Crippen MR) is 122 cm³/mol. The van der Waals surface area contributed by atoms with Gasteiger partial charge in [-0.3, -0.25) is 14.3 Å². The van der Waals surface area contributed by atoms with Crippen molar-refractivity contribution in [3.63, 3.8) is 0 Å². The van der Waals surface area contributed by atoms with Crippen molar-refractivity contribution in [3.8, 4) is 0 Å². The van der Waals surface area contributed by atoms with E-state index in [0.717, 1.165) is 11.3 Å². The number of nitrogens with one attached hydrogen (secondary N) is 1. The minimum Gasteiger partial charge on any atom is -0.394 e. The van der Waals surface area contributed by atoms with Gasteiger partial charge in [0, 0.05) is 26.8 Å². The minimum atomic E-state index is -1.42. The SMILES string of the molecule is CN(C)c1ccc(/C=N/N(C)c2nc3c(=O)[nH]c(N)nc3n2[C@@H]2O[C@H](CO)[C@@H](O)[C@H]2O)cc1. The van der Waals surface area contributed by atoms with E-state index in [2.05, 4.69) is 20.1 Å². The molecule has 1 fully saturated rings. The molecule has 0 spiro atoms. The smallest absolute Gasteiger partial charge is 0.280 e. The fourth-order valence-corrected chi connectivity index (χ4v) is 3.61. The first-order chi connectivity index (χ1) is 15.7. The van der Waals surface area contributed by atoms with Crippen LogP contribution < -0.4 is 21.2 Å². The van der Waals surface area contributed by atoms with Gasteiger partial charge in [0.25, 0.3) is 5.56 Å². The second-order valence-corrected chi connectivity index (χ2v) is 7.89. The molecule has 0 saturated carbocycles. The molecule has 1 saturated heterocycles. The number of hydrazone groups is 1. The van der Waals surface area contributed by atoms with Gasteiger partial charge in [-0.25, -0.2) is 9.99 Å². The molecule has 2 aromatic heterocycles. The van der Waals surface area contributed by atoms with Gasteiger partial charge in [0.05, 0.1) is 12.8 Å². The number of nitrogens with zero attached hydrogens (tertiary/aromatic N) is 6. The Morgan fingerprint density at radius 1 is 1.21 bits per heavy atom. The molecular formula is C20H26N8O5. The number of fused-ring (bicyclic) bond motifs is 1. The predicted octanol–water partition coefficient (Wildman–Crippen LogP) is -1.15. The summed E-state index contributed by atoms with van der Waals surface area (Å²) in [5.74, 6) is -0.0383. The van der Waals surface area contributed by atoms with E-state index in [4.69, 9.17) is 10.5 Å². The molecule has 1 aliphatic rings. The van der Waals surface area contributed by atoms with Gasteiger partial charge in [-0.1, -0.05) is 12.1 Å². The molecule has 1 aliphatic heterocycles. The lowest BCUT2D eigenvalue weighted by Crippen LogP contribution is -2.33. The summed E-state index contributed by atoms with van der Waals surface area (Å²) in [5.41, 5.74) is 6.98. The molecule has 0 amide bonds. The van der Waals surface area contributed by atoms with Crippen molar-refractivity contribution in [1.29, 1.82) is 0 Å². The number of aliphatic hydroxyl groups excluding tert-OH is 3. The monoisotopic (exact) mass is 458 g/mol. The van der Waals surface area contributed by atoms with Crippen molar-refractivity contribution < 1.29 is 20.1 Å². The molecular weight excluding hydrogens is 432 g/mol. The summed E-state index contributed by atoms with van der Waals surface area (Å²) in [6, 6.07) is 7.69. The number of aliphatic hydroxyl groups is 3. The first kappa shape index (κ1) is 22.7. The average molecular weight is 458 g/mol. The summed E-state index contributed by atoms with van der Waals surface area (Å²) in [6.45, 7) is -0.510. The molecule has 3 heterocycles. The third-order valence-corrected chi connectivity index (χ3v) is 5.40. The molecule has 0 unspecified atom stereocenters. The Balaban J connectivity index is 1.76. The van der Waals surface area contributed by atoms with E-state index < -0.39 is 36.7 Å². The van der Waals surface area contributed by atoms with Crippen LogP contribution in [-0.4, -0.2) is 87.1 Å². The zero-order chi connectivity index (χ0) is 23.9. The van der Waals surface area contributed by atoms with Crippen LogP contribution in [0.3, 0.4) is 0 Å². The average Bonchev–Trinajstić information content (AvgIpc) is 3.30. The van der Waals surface area contributed by atoms with Crippen LogP contribution in [0, 0.1) is 0 Å². The first-order valence-electron chi connectivity index (χ1n) is 10.2. The van der Waals surface area contributed by atoms with Gasteiger partial charge >= 0.3 is 0 Å². The van der Waals surface area contributed by atoms with Crippen molar-refractivity contribution >= 4 is 35.0 Å². The van der Waals surface area contributed by atoms with Gasteiger partial charge in [-0.05, 0) is 17.7 Å². The Labute approximate surface area is 188 Å². The molecule has 6 N–H and O–H groups in total. The van der Waals surface area contributed by atoms with E-state index in [1.165, 1.54) is 9.58 Å². The van der Waals surface area contributed by atoms with Crippen LogP contribution in [0.2, 0.25) is 0 Å². The quantitative estimate of drug-likeness (QED) is 0.224. The molecule has 0 radical (unpaired) electrons. The van der Waals surface area contributed by atoms with Crippen LogP contribution in [0.15, 0.2) is 34.2 Å². The van der Waals surface area contributed by atoms with Gasteiger partial charge in [0.2, 0.25) is 11.9 Å². The lowest BCUT2D eigenvalue weighted by Gasteiger charge is -2.21. The van der Waals surface area contributed by atoms with E-state index in [1.54, 1.807) is 13.3 Å².